The molecule has 7 heteroatoms. The second kappa shape index (κ2) is 7.84. The molecule has 1 aliphatic heterocycles. The summed E-state index contributed by atoms with van der Waals surface area (Å²) in [5.41, 5.74) is -0.739. The van der Waals surface area contributed by atoms with Crippen molar-refractivity contribution in [3.8, 4) is 0 Å². The topological polar surface area (TPSA) is 45.2 Å². The van der Waals surface area contributed by atoms with E-state index in [0.717, 1.165) is 18.7 Å². The maximum Gasteiger partial charge on any atom is 0.417 e. The number of anilines is 1. The van der Waals surface area contributed by atoms with Crippen molar-refractivity contribution >= 4 is 11.7 Å². The molecule has 1 aromatic heterocycles. The number of pyridine rings is 1. The summed E-state index contributed by atoms with van der Waals surface area (Å²) < 4.78 is 37.9. The van der Waals surface area contributed by atoms with Crippen LogP contribution in [0.2, 0.25) is 0 Å². The van der Waals surface area contributed by atoms with Crippen LogP contribution in [0.4, 0.5) is 19.0 Å². The highest BCUT2D eigenvalue weighted by atomic mass is 19.4. The van der Waals surface area contributed by atoms with E-state index in [2.05, 4.69) is 17.2 Å². The van der Waals surface area contributed by atoms with Gasteiger partial charge in [0.1, 0.15) is 5.82 Å². The molecule has 2 heterocycles. The maximum atomic E-state index is 12.6. The van der Waals surface area contributed by atoms with Crippen LogP contribution in [0.15, 0.2) is 18.3 Å². The highest BCUT2D eigenvalue weighted by Crippen LogP contribution is 2.30. The largest absolute Gasteiger partial charge is 0.417 e. The van der Waals surface area contributed by atoms with E-state index in [-0.39, 0.29) is 17.9 Å². The SMILES string of the molecule is C[C@H]1CCCC[C@@H]1NC(=O)C1CCN(c2ccc(C(F)(F)F)cn2)CC1. The van der Waals surface area contributed by atoms with Crippen molar-refractivity contribution in [2.75, 3.05) is 18.0 Å². The molecule has 26 heavy (non-hydrogen) atoms. The summed E-state index contributed by atoms with van der Waals surface area (Å²) in [5.74, 6) is 1.18. The van der Waals surface area contributed by atoms with Crippen molar-refractivity contribution in [3.63, 3.8) is 0 Å². The Labute approximate surface area is 152 Å². The number of carbonyl (C=O) groups excluding carboxylic acids is 1. The van der Waals surface area contributed by atoms with Gasteiger partial charge in [-0.1, -0.05) is 19.8 Å². The van der Waals surface area contributed by atoms with Gasteiger partial charge in [0.15, 0.2) is 0 Å². The zero-order valence-electron chi connectivity index (χ0n) is 15.1. The number of amides is 1. The van der Waals surface area contributed by atoms with Gasteiger partial charge in [-0.05, 0) is 43.7 Å². The molecule has 1 saturated carbocycles. The van der Waals surface area contributed by atoms with Crippen LogP contribution in [0.1, 0.15) is 51.0 Å². The van der Waals surface area contributed by atoms with Gasteiger partial charge in [0, 0.05) is 31.2 Å². The highest BCUT2D eigenvalue weighted by Gasteiger charge is 2.32. The van der Waals surface area contributed by atoms with E-state index in [1.165, 1.54) is 25.3 Å². The average molecular weight is 369 g/mol. The van der Waals surface area contributed by atoms with Crippen molar-refractivity contribution < 1.29 is 18.0 Å². The number of halogens is 3. The van der Waals surface area contributed by atoms with Crippen molar-refractivity contribution in [1.82, 2.24) is 10.3 Å². The Balaban J connectivity index is 1.51. The van der Waals surface area contributed by atoms with Crippen molar-refractivity contribution in [3.05, 3.63) is 23.9 Å². The van der Waals surface area contributed by atoms with Gasteiger partial charge in [-0.15, -0.1) is 0 Å². The predicted octanol–water partition coefficient (Wildman–Crippen LogP) is 4.01. The van der Waals surface area contributed by atoms with Gasteiger partial charge >= 0.3 is 6.18 Å². The minimum absolute atomic E-state index is 0.0187. The van der Waals surface area contributed by atoms with E-state index in [0.29, 0.717) is 37.7 Å². The molecular weight excluding hydrogens is 343 g/mol. The Morgan fingerprint density at radius 3 is 2.42 bits per heavy atom. The van der Waals surface area contributed by atoms with Crippen LogP contribution < -0.4 is 10.2 Å². The molecule has 1 aromatic rings. The lowest BCUT2D eigenvalue weighted by atomic mass is 9.85. The summed E-state index contributed by atoms with van der Waals surface area (Å²) in [5, 5.41) is 3.22. The molecule has 1 amide bonds. The molecule has 2 aliphatic rings. The number of nitrogens with zero attached hydrogens (tertiary/aromatic N) is 2. The number of carbonyl (C=O) groups is 1. The number of alkyl halides is 3. The van der Waals surface area contributed by atoms with Crippen LogP contribution >= 0.6 is 0 Å². The lowest BCUT2D eigenvalue weighted by Crippen LogP contribution is -2.46. The van der Waals surface area contributed by atoms with Crippen molar-refractivity contribution in [2.45, 2.75) is 57.7 Å². The van der Waals surface area contributed by atoms with E-state index in [1.807, 2.05) is 4.90 Å². The minimum Gasteiger partial charge on any atom is -0.357 e. The molecular formula is C19H26F3N3O. The highest BCUT2D eigenvalue weighted by molar-refractivity contribution is 5.79. The quantitative estimate of drug-likeness (QED) is 0.876. The van der Waals surface area contributed by atoms with E-state index in [4.69, 9.17) is 0 Å². The van der Waals surface area contributed by atoms with Gasteiger partial charge in [-0.2, -0.15) is 13.2 Å². The van der Waals surface area contributed by atoms with Crippen LogP contribution in [-0.2, 0) is 11.0 Å². The molecule has 0 unspecified atom stereocenters. The lowest BCUT2D eigenvalue weighted by molar-refractivity contribution is -0.137. The summed E-state index contributed by atoms with van der Waals surface area (Å²) in [6, 6.07) is 2.75. The smallest absolute Gasteiger partial charge is 0.357 e. The van der Waals surface area contributed by atoms with Gasteiger partial charge < -0.3 is 10.2 Å². The van der Waals surface area contributed by atoms with E-state index >= 15 is 0 Å². The molecule has 1 saturated heterocycles. The van der Waals surface area contributed by atoms with Crippen molar-refractivity contribution in [2.24, 2.45) is 11.8 Å². The first-order valence-corrected chi connectivity index (χ1v) is 9.43. The third-order valence-electron chi connectivity index (χ3n) is 5.70. The maximum absolute atomic E-state index is 12.6. The second-order valence-corrected chi connectivity index (χ2v) is 7.54. The van der Waals surface area contributed by atoms with E-state index in [9.17, 15) is 18.0 Å². The molecule has 0 aromatic carbocycles. The summed E-state index contributed by atoms with van der Waals surface area (Å²) >= 11 is 0. The van der Waals surface area contributed by atoms with Gasteiger partial charge in [-0.3, -0.25) is 4.79 Å². The van der Waals surface area contributed by atoms with Gasteiger partial charge in [0.2, 0.25) is 5.91 Å². The van der Waals surface area contributed by atoms with Gasteiger partial charge in [0.25, 0.3) is 0 Å². The van der Waals surface area contributed by atoms with Crippen molar-refractivity contribution in [1.29, 1.82) is 0 Å². The minimum atomic E-state index is -4.37. The summed E-state index contributed by atoms with van der Waals surface area (Å²) in [6.07, 6.45) is 2.56. The Bertz CT molecular complexity index is 609. The monoisotopic (exact) mass is 369 g/mol. The number of piperidine rings is 1. The summed E-state index contributed by atoms with van der Waals surface area (Å²) in [6.45, 7) is 3.47. The third-order valence-corrected chi connectivity index (χ3v) is 5.70. The Morgan fingerprint density at radius 2 is 1.85 bits per heavy atom. The van der Waals surface area contributed by atoms with Crippen LogP contribution in [-0.4, -0.2) is 30.0 Å². The Morgan fingerprint density at radius 1 is 1.15 bits per heavy atom. The molecule has 4 nitrogen and oxygen atoms in total. The molecule has 0 spiro atoms. The standard InChI is InChI=1S/C19H26F3N3O/c1-13-4-2-3-5-16(13)24-18(26)14-8-10-25(11-9-14)17-7-6-15(12-23-17)19(20,21)22/h6-7,12-14,16H,2-5,8-11H2,1H3,(H,24,26)/t13-,16-/m0/s1. The second-order valence-electron chi connectivity index (χ2n) is 7.54. The Kier molecular flexibility index (Phi) is 5.73. The normalized spacial score (nSPS) is 25.2. The molecule has 2 fully saturated rings. The third kappa shape index (κ3) is 4.48. The molecule has 1 aliphatic carbocycles. The first-order valence-electron chi connectivity index (χ1n) is 9.43. The number of hydrogen-bond donors (Lipinski definition) is 1. The molecule has 0 bridgehead atoms. The van der Waals surface area contributed by atoms with E-state index in [1.54, 1.807) is 0 Å². The molecule has 144 valence electrons. The van der Waals surface area contributed by atoms with Crippen LogP contribution in [0.5, 0.6) is 0 Å². The van der Waals surface area contributed by atoms with Crippen LogP contribution in [0.3, 0.4) is 0 Å². The van der Waals surface area contributed by atoms with Crippen LogP contribution in [0.25, 0.3) is 0 Å². The number of hydrogen-bond acceptors (Lipinski definition) is 3. The fourth-order valence-electron chi connectivity index (χ4n) is 3.94. The number of rotatable bonds is 3. The average Bonchev–Trinajstić information content (AvgIpc) is 2.63. The van der Waals surface area contributed by atoms with Gasteiger partial charge in [-0.25, -0.2) is 4.98 Å². The fourth-order valence-corrected chi connectivity index (χ4v) is 3.94. The molecule has 3 rings (SSSR count). The molecule has 0 radical (unpaired) electrons. The zero-order valence-corrected chi connectivity index (χ0v) is 15.1. The predicted molar refractivity (Wildman–Crippen MR) is 93.7 cm³/mol. The lowest BCUT2D eigenvalue weighted by Gasteiger charge is -2.35. The molecule has 1 N–H and O–H groups in total. The van der Waals surface area contributed by atoms with Gasteiger partial charge in [0.05, 0.1) is 5.56 Å². The first-order chi connectivity index (χ1) is 12.3. The molecule has 2 atom stereocenters. The summed E-state index contributed by atoms with van der Waals surface area (Å²) in [4.78, 5) is 18.4. The zero-order chi connectivity index (χ0) is 18.7. The Hall–Kier alpha value is -1.79. The fraction of sp³-hybridized carbons (Fsp3) is 0.684. The van der Waals surface area contributed by atoms with Crippen LogP contribution in [0, 0.1) is 11.8 Å². The first kappa shape index (κ1) is 19.0. The summed E-state index contributed by atoms with van der Waals surface area (Å²) in [7, 11) is 0. The number of nitrogens with one attached hydrogen (secondary N) is 1. The van der Waals surface area contributed by atoms with E-state index < -0.39 is 11.7 Å². The number of aromatic nitrogens is 1.